The van der Waals surface area contributed by atoms with Crippen molar-refractivity contribution >= 4 is 38.5 Å². The second-order valence-corrected chi connectivity index (χ2v) is 7.65. The molecule has 0 atom stereocenters. The van der Waals surface area contributed by atoms with Gasteiger partial charge in [0.15, 0.2) is 5.13 Å². The van der Waals surface area contributed by atoms with E-state index in [1.54, 1.807) is 6.92 Å². The summed E-state index contributed by atoms with van der Waals surface area (Å²) in [4.78, 5) is 34.9. The minimum Gasteiger partial charge on any atom is -0.302 e. The molecule has 0 bridgehead atoms. The molecule has 3 aromatic rings. The Kier molecular flexibility index (Phi) is 7.32. The van der Waals surface area contributed by atoms with Gasteiger partial charge in [-0.05, 0) is 23.6 Å². The molecule has 6 nitrogen and oxygen atoms in total. The monoisotopic (exact) mass is 411 g/mol. The van der Waals surface area contributed by atoms with Crippen molar-refractivity contribution in [3.8, 4) is 0 Å². The number of hydrogen-bond donors (Lipinski definition) is 1. The van der Waals surface area contributed by atoms with Crippen LogP contribution in [0.4, 0.5) is 5.13 Å². The van der Waals surface area contributed by atoms with E-state index in [9.17, 15) is 9.59 Å². The van der Waals surface area contributed by atoms with Crippen molar-refractivity contribution in [1.29, 1.82) is 0 Å². The van der Waals surface area contributed by atoms with E-state index in [0.29, 0.717) is 24.7 Å². The minimum atomic E-state index is -0.109. The minimum absolute atomic E-state index is 0.0786. The topological polar surface area (TPSA) is 71.5 Å². The van der Waals surface area contributed by atoms with E-state index in [1.165, 1.54) is 16.4 Å². The van der Waals surface area contributed by atoms with Gasteiger partial charge in [0.25, 0.3) is 5.91 Å². The van der Waals surface area contributed by atoms with Crippen molar-refractivity contribution < 1.29 is 14.4 Å². The smallest absolute Gasteiger partial charge is 0.250 e. The lowest BCUT2D eigenvalue weighted by molar-refractivity contribution is -0.191. The highest BCUT2D eigenvalue weighted by Gasteiger charge is 2.18. The maximum Gasteiger partial charge on any atom is 0.250 e. The van der Waals surface area contributed by atoms with E-state index in [0.717, 1.165) is 27.8 Å². The Balaban J connectivity index is 1.73. The van der Waals surface area contributed by atoms with E-state index in [1.807, 2.05) is 55.5 Å². The first-order valence-corrected chi connectivity index (χ1v) is 10.6. The second-order valence-electron chi connectivity index (χ2n) is 6.62. The number of nitrogens with one attached hydrogen (secondary N) is 1. The SMILES string of the molecule is CCCN(OCc1ccccc1)C(=O)Cc1cccc2sc(NC(=O)CC)nc12. The molecule has 0 spiro atoms. The molecule has 0 fully saturated rings. The Morgan fingerprint density at radius 2 is 1.90 bits per heavy atom. The van der Waals surface area contributed by atoms with Crippen LogP contribution in [0.25, 0.3) is 10.2 Å². The van der Waals surface area contributed by atoms with Gasteiger partial charge in [-0.3, -0.25) is 14.4 Å². The van der Waals surface area contributed by atoms with Gasteiger partial charge in [0, 0.05) is 13.0 Å². The molecule has 2 aromatic carbocycles. The number of amides is 2. The zero-order valence-corrected chi connectivity index (χ0v) is 17.5. The van der Waals surface area contributed by atoms with Gasteiger partial charge in [-0.1, -0.05) is 67.6 Å². The predicted octanol–water partition coefficient (Wildman–Crippen LogP) is 4.56. The number of nitrogens with zero attached hydrogens (tertiary/aromatic N) is 2. The average Bonchev–Trinajstić information content (AvgIpc) is 3.15. The van der Waals surface area contributed by atoms with Gasteiger partial charge in [-0.15, -0.1) is 0 Å². The zero-order chi connectivity index (χ0) is 20.6. The van der Waals surface area contributed by atoms with E-state index < -0.39 is 0 Å². The molecule has 7 heteroatoms. The van der Waals surface area contributed by atoms with Gasteiger partial charge in [0.05, 0.1) is 16.6 Å². The van der Waals surface area contributed by atoms with Crippen LogP contribution in [0.15, 0.2) is 48.5 Å². The molecule has 0 unspecified atom stereocenters. The molecule has 0 saturated heterocycles. The highest BCUT2D eigenvalue weighted by Crippen LogP contribution is 2.29. The molecule has 152 valence electrons. The third-order valence-electron chi connectivity index (χ3n) is 4.35. The lowest BCUT2D eigenvalue weighted by Gasteiger charge is -2.21. The summed E-state index contributed by atoms with van der Waals surface area (Å²) in [5.41, 5.74) is 2.58. The van der Waals surface area contributed by atoms with E-state index in [4.69, 9.17) is 4.84 Å². The van der Waals surface area contributed by atoms with Crippen LogP contribution in [0.3, 0.4) is 0 Å². The summed E-state index contributed by atoms with van der Waals surface area (Å²) in [6.45, 7) is 4.68. The van der Waals surface area contributed by atoms with E-state index >= 15 is 0 Å². The normalized spacial score (nSPS) is 10.8. The lowest BCUT2D eigenvalue weighted by atomic mass is 10.1. The van der Waals surface area contributed by atoms with Crippen LogP contribution in [0.2, 0.25) is 0 Å². The number of para-hydroxylation sites is 1. The molecule has 3 rings (SSSR count). The van der Waals surface area contributed by atoms with Crippen molar-refractivity contribution in [3.05, 3.63) is 59.7 Å². The summed E-state index contributed by atoms with van der Waals surface area (Å²) in [5.74, 6) is -0.187. The summed E-state index contributed by atoms with van der Waals surface area (Å²) < 4.78 is 0.939. The van der Waals surface area contributed by atoms with Crippen LogP contribution in [0.1, 0.15) is 37.8 Å². The summed E-state index contributed by atoms with van der Waals surface area (Å²) >= 11 is 1.41. The first-order valence-electron chi connectivity index (χ1n) is 9.76. The van der Waals surface area contributed by atoms with Gasteiger partial charge >= 0.3 is 0 Å². The number of hydroxylamine groups is 2. The molecule has 1 heterocycles. The highest BCUT2D eigenvalue weighted by atomic mass is 32.1. The fourth-order valence-electron chi connectivity index (χ4n) is 2.85. The number of benzene rings is 2. The predicted molar refractivity (Wildman–Crippen MR) is 115 cm³/mol. The highest BCUT2D eigenvalue weighted by molar-refractivity contribution is 7.22. The van der Waals surface area contributed by atoms with Gasteiger partial charge in [-0.25, -0.2) is 10.0 Å². The lowest BCUT2D eigenvalue weighted by Crippen LogP contribution is -2.33. The van der Waals surface area contributed by atoms with Gasteiger partial charge in [0.1, 0.15) is 6.61 Å². The van der Waals surface area contributed by atoms with Crippen molar-refractivity contribution in [1.82, 2.24) is 10.0 Å². The van der Waals surface area contributed by atoms with Crippen LogP contribution >= 0.6 is 11.3 Å². The molecule has 0 aliphatic heterocycles. The fourth-order valence-corrected chi connectivity index (χ4v) is 3.78. The van der Waals surface area contributed by atoms with Gasteiger partial charge < -0.3 is 5.32 Å². The quantitative estimate of drug-likeness (QED) is 0.524. The number of fused-ring (bicyclic) bond motifs is 1. The number of thiazole rings is 1. The number of rotatable bonds is 9. The van der Waals surface area contributed by atoms with Crippen molar-refractivity contribution in [2.45, 2.75) is 39.7 Å². The van der Waals surface area contributed by atoms with Crippen LogP contribution in [-0.4, -0.2) is 28.4 Å². The number of carbonyl (C=O) groups is 2. The standard InChI is InChI=1S/C22H25N3O3S/c1-3-13-25(28-15-16-9-6-5-7-10-16)20(27)14-17-11-8-12-18-21(17)24-22(29-18)23-19(26)4-2/h5-12H,3-4,13-15H2,1-2H3,(H,23,24,26). The molecule has 0 aliphatic rings. The molecule has 2 amide bonds. The Morgan fingerprint density at radius 1 is 1.10 bits per heavy atom. The number of hydrogen-bond acceptors (Lipinski definition) is 5. The molecule has 29 heavy (non-hydrogen) atoms. The van der Waals surface area contributed by atoms with Crippen LogP contribution < -0.4 is 5.32 Å². The van der Waals surface area contributed by atoms with Crippen molar-refractivity contribution in [2.75, 3.05) is 11.9 Å². The second kappa shape index (κ2) is 10.1. The molecule has 1 N–H and O–H groups in total. The maximum atomic E-state index is 12.9. The zero-order valence-electron chi connectivity index (χ0n) is 16.7. The number of anilines is 1. The molecular formula is C22H25N3O3S. The fraction of sp³-hybridized carbons (Fsp3) is 0.318. The Hall–Kier alpha value is -2.77. The Morgan fingerprint density at radius 3 is 2.62 bits per heavy atom. The van der Waals surface area contributed by atoms with Gasteiger partial charge in [-0.2, -0.15) is 0 Å². The molecule has 0 aliphatic carbocycles. The molecule has 1 aromatic heterocycles. The Bertz CT molecular complexity index is 972. The molecular weight excluding hydrogens is 386 g/mol. The Labute approximate surface area is 174 Å². The van der Waals surface area contributed by atoms with Crippen molar-refractivity contribution in [2.24, 2.45) is 0 Å². The van der Waals surface area contributed by atoms with E-state index in [-0.39, 0.29) is 18.2 Å². The summed E-state index contributed by atoms with van der Waals surface area (Å²) in [7, 11) is 0. The summed E-state index contributed by atoms with van der Waals surface area (Å²) in [5, 5.41) is 4.79. The van der Waals surface area contributed by atoms with Gasteiger partial charge in [0.2, 0.25) is 5.91 Å². The third-order valence-corrected chi connectivity index (χ3v) is 5.28. The van der Waals surface area contributed by atoms with Crippen molar-refractivity contribution in [3.63, 3.8) is 0 Å². The largest absolute Gasteiger partial charge is 0.302 e. The molecule has 0 saturated carbocycles. The first kappa shape index (κ1) is 21.0. The number of carbonyl (C=O) groups excluding carboxylic acids is 2. The van der Waals surface area contributed by atoms with E-state index in [2.05, 4.69) is 10.3 Å². The first-order chi connectivity index (χ1) is 14.1. The van der Waals surface area contributed by atoms with Crippen LogP contribution in [0.5, 0.6) is 0 Å². The maximum absolute atomic E-state index is 12.9. The van der Waals surface area contributed by atoms with Crippen LogP contribution in [0, 0.1) is 0 Å². The molecule has 0 radical (unpaired) electrons. The van der Waals surface area contributed by atoms with Crippen LogP contribution in [-0.2, 0) is 27.5 Å². The summed E-state index contributed by atoms with van der Waals surface area (Å²) in [6.07, 6.45) is 1.39. The summed E-state index contributed by atoms with van der Waals surface area (Å²) in [6, 6.07) is 15.5. The number of aromatic nitrogens is 1. The average molecular weight is 412 g/mol. The third kappa shape index (κ3) is 5.62.